The zero-order chi connectivity index (χ0) is 17.9. The molecular formula is C19H18N4O2S. The minimum Gasteiger partial charge on any atom is -0.351 e. The molecule has 3 aromatic heterocycles. The second-order valence-electron chi connectivity index (χ2n) is 6.09. The van der Waals surface area contributed by atoms with Crippen molar-refractivity contribution in [3.8, 4) is 0 Å². The van der Waals surface area contributed by atoms with E-state index >= 15 is 0 Å². The van der Waals surface area contributed by atoms with Crippen LogP contribution >= 0.6 is 11.3 Å². The molecule has 1 amide bonds. The normalized spacial score (nSPS) is 11.2. The van der Waals surface area contributed by atoms with Crippen molar-refractivity contribution in [2.24, 2.45) is 0 Å². The van der Waals surface area contributed by atoms with Crippen molar-refractivity contribution in [1.29, 1.82) is 0 Å². The summed E-state index contributed by atoms with van der Waals surface area (Å²) >= 11 is 1.63. The number of nitrogens with one attached hydrogen (secondary N) is 2. The molecule has 6 nitrogen and oxygen atoms in total. The van der Waals surface area contributed by atoms with Gasteiger partial charge in [-0.3, -0.25) is 9.59 Å². The van der Waals surface area contributed by atoms with E-state index in [1.807, 2.05) is 46.3 Å². The van der Waals surface area contributed by atoms with Crippen LogP contribution in [0.4, 0.5) is 0 Å². The van der Waals surface area contributed by atoms with Gasteiger partial charge in [-0.25, -0.2) is 5.10 Å². The van der Waals surface area contributed by atoms with Gasteiger partial charge in [-0.05, 0) is 23.9 Å². The van der Waals surface area contributed by atoms with E-state index in [9.17, 15) is 9.59 Å². The van der Waals surface area contributed by atoms with Gasteiger partial charge in [-0.1, -0.05) is 24.3 Å². The van der Waals surface area contributed by atoms with E-state index in [1.54, 1.807) is 17.5 Å². The van der Waals surface area contributed by atoms with Crippen LogP contribution in [-0.2, 0) is 17.9 Å². The van der Waals surface area contributed by atoms with Crippen LogP contribution in [0.15, 0.2) is 52.8 Å². The van der Waals surface area contributed by atoms with Crippen molar-refractivity contribution in [3.05, 3.63) is 63.2 Å². The van der Waals surface area contributed by atoms with Crippen LogP contribution in [0.1, 0.15) is 17.7 Å². The van der Waals surface area contributed by atoms with Crippen LogP contribution < -0.4 is 10.9 Å². The summed E-state index contributed by atoms with van der Waals surface area (Å²) in [5.41, 5.74) is 1.39. The summed E-state index contributed by atoms with van der Waals surface area (Å²) in [4.78, 5) is 25.5. The number of H-pyrrole nitrogens is 1. The molecule has 0 saturated heterocycles. The SMILES string of the molecule is O=C(CCCn1c2ccccc2c2cn[nH]c(=O)c21)NCc1cccs1. The van der Waals surface area contributed by atoms with Gasteiger partial charge in [0.2, 0.25) is 5.91 Å². The van der Waals surface area contributed by atoms with Crippen molar-refractivity contribution in [2.45, 2.75) is 25.9 Å². The summed E-state index contributed by atoms with van der Waals surface area (Å²) in [6, 6.07) is 11.9. The maximum Gasteiger partial charge on any atom is 0.288 e. The molecule has 26 heavy (non-hydrogen) atoms. The highest BCUT2D eigenvalue weighted by Gasteiger charge is 2.13. The second kappa shape index (κ2) is 7.13. The molecule has 2 N–H and O–H groups in total. The molecule has 0 aliphatic heterocycles. The Kier molecular flexibility index (Phi) is 4.53. The number of para-hydroxylation sites is 1. The monoisotopic (exact) mass is 366 g/mol. The highest BCUT2D eigenvalue weighted by atomic mass is 32.1. The summed E-state index contributed by atoms with van der Waals surface area (Å²) in [7, 11) is 0. The van der Waals surface area contributed by atoms with E-state index in [0.29, 0.717) is 31.4 Å². The van der Waals surface area contributed by atoms with Crippen molar-refractivity contribution < 1.29 is 4.79 Å². The standard InChI is InChI=1S/C19H18N4O2S/c24-17(20-11-13-5-4-10-26-13)8-3-9-23-16-7-2-1-6-14(16)15-12-21-22-19(25)18(15)23/h1-2,4-7,10,12H,3,8-9,11H2,(H,20,24)(H,22,25). The largest absolute Gasteiger partial charge is 0.351 e. The molecule has 4 aromatic rings. The predicted octanol–water partition coefficient (Wildman–Crippen LogP) is 3.04. The van der Waals surface area contributed by atoms with E-state index in [1.165, 1.54) is 0 Å². The first-order chi connectivity index (χ1) is 12.7. The molecule has 0 atom stereocenters. The molecule has 0 fully saturated rings. The molecular weight excluding hydrogens is 348 g/mol. The molecule has 3 heterocycles. The number of aryl methyl sites for hydroxylation is 1. The smallest absolute Gasteiger partial charge is 0.288 e. The Morgan fingerprint density at radius 1 is 1.19 bits per heavy atom. The van der Waals surface area contributed by atoms with E-state index < -0.39 is 0 Å². The van der Waals surface area contributed by atoms with E-state index in [4.69, 9.17) is 0 Å². The van der Waals surface area contributed by atoms with Gasteiger partial charge in [0.15, 0.2) is 0 Å². The number of hydrogen-bond donors (Lipinski definition) is 2. The number of nitrogens with zero attached hydrogens (tertiary/aromatic N) is 2. The lowest BCUT2D eigenvalue weighted by atomic mass is 10.2. The third-order valence-corrected chi connectivity index (χ3v) is 5.29. The van der Waals surface area contributed by atoms with Gasteiger partial charge in [0.1, 0.15) is 5.52 Å². The van der Waals surface area contributed by atoms with Crippen LogP contribution in [0.3, 0.4) is 0 Å². The Labute approximate surface area is 153 Å². The van der Waals surface area contributed by atoms with Crippen LogP contribution in [-0.4, -0.2) is 20.7 Å². The van der Waals surface area contributed by atoms with Crippen molar-refractivity contribution in [2.75, 3.05) is 0 Å². The number of rotatable bonds is 6. The number of aromatic nitrogens is 3. The summed E-state index contributed by atoms with van der Waals surface area (Å²) in [5, 5.41) is 13.2. The molecule has 4 rings (SSSR count). The topological polar surface area (TPSA) is 79.8 Å². The average molecular weight is 366 g/mol. The molecule has 1 aromatic carbocycles. The lowest BCUT2D eigenvalue weighted by Gasteiger charge is -2.07. The van der Waals surface area contributed by atoms with E-state index in [0.717, 1.165) is 21.2 Å². The Bertz CT molecular complexity index is 1110. The quantitative estimate of drug-likeness (QED) is 0.550. The second-order valence-corrected chi connectivity index (χ2v) is 7.12. The number of aromatic amines is 1. The fraction of sp³-hybridized carbons (Fsp3) is 0.211. The molecule has 0 unspecified atom stereocenters. The maximum absolute atomic E-state index is 12.3. The minimum atomic E-state index is -0.208. The number of fused-ring (bicyclic) bond motifs is 3. The highest BCUT2D eigenvalue weighted by Crippen LogP contribution is 2.26. The number of thiophene rings is 1. The Morgan fingerprint density at radius 3 is 2.92 bits per heavy atom. The lowest BCUT2D eigenvalue weighted by Crippen LogP contribution is -2.22. The molecule has 0 bridgehead atoms. The van der Waals surface area contributed by atoms with E-state index in [2.05, 4.69) is 15.5 Å². The molecule has 0 aliphatic rings. The number of carbonyl (C=O) groups excluding carboxylic acids is 1. The van der Waals surface area contributed by atoms with Crippen LogP contribution in [0.25, 0.3) is 21.8 Å². The van der Waals surface area contributed by atoms with Gasteiger partial charge < -0.3 is 9.88 Å². The number of amides is 1. The zero-order valence-corrected chi connectivity index (χ0v) is 14.9. The highest BCUT2D eigenvalue weighted by molar-refractivity contribution is 7.09. The summed E-state index contributed by atoms with van der Waals surface area (Å²) in [6.07, 6.45) is 2.76. The van der Waals surface area contributed by atoms with Gasteiger partial charge in [-0.15, -0.1) is 11.3 Å². The van der Waals surface area contributed by atoms with Crippen LogP contribution in [0.2, 0.25) is 0 Å². The Balaban J connectivity index is 1.50. The molecule has 0 aliphatic carbocycles. The summed E-state index contributed by atoms with van der Waals surface area (Å²) in [6.45, 7) is 1.17. The number of benzene rings is 1. The van der Waals surface area contributed by atoms with Crippen molar-refractivity contribution in [1.82, 2.24) is 20.1 Å². The molecule has 0 radical (unpaired) electrons. The van der Waals surface area contributed by atoms with Gasteiger partial charge >= 0.3 is 0 Å². The Hall–Kier alpha value is -2.93. The fourth-order valence-electron chi connectivity index (χ4n) is 3.23. The number of carbonyl (C=O) groups is 1. The lowest BCUT2D eigenvalue weighted by molar-refractivity contribution is -0.121. The number of hydrogen-bond acceptors (Lipinski definition) is 4. The van der Waals surface area contributed by atoms with Crippen LogP contribution in [0.5, 0.6) is 0 Å². The fourth-order valence-corrected chi connectivity index (χ4v) is 3.88. The third kappa shape index (κ3) is 3.13. The summed E-state index contributed by atoms with van der Waals surface area (Å²) < 4.78 is 1.98. The van der Waals surface area contributed by atoms with Gasteiger partial charge in [-0.2, -0.15) is 5.10 Å². The zero-order valence-electron chi connectivity index (χ0n) is 14.1. The maximum atomic E-state index is 12.3. The molecule has 0 saturated carbocycles. The first kappa shape index (κ1) is 16.5. The minimum absolute atomic E-state index is 0.0229. The average Bonchev–Trinajstić information content (AvgIpc) is 3.28. The third-order valence-electron chi connectivity index (χ3n) is 4.41. The molecule has 0 spiro atoms. The van der Waals surface area contributed by atoms with Crippen molar-refractivity contribution >= 4 is 39.0 Å². The molecule has 7 heteroatoms. The van der Waals surface area contributed by atoms with Crippen LogP contribution in [0, 0.1) is 0 Å². The first-order valence-electron chi connectivity index (χ1n) is 8.48. The predicted molar refractivity (Wildman–Crippen MR) is 103 cm³/mol. The summed E-state index contributed by atoms with van der Waals surface area (Å²) in [5.74, 6) is 0.0229. The van der Waals surface area contributed by atoms with E-state index in [-0.39, 0.29) is 11.5 Å². The Morgan fingerprint density at radius 2 is 2.08 bits per heavy atom. The molecule has 132 valence electrons. The van der Waals surface area contributed by atoms with Gasteiger partial charge in [0, 0.05) is 34.1 Å². The van der Waals surface area contributed by atoms with Crippen molar-refractivity contribution in [3.63, 3.8) is 0 Å². The van der Waals surface area contributed by atoms with Gasteiger partial charge in [0.25, 0.3) is 5.56 Å². The van der Waals surface area contributed by atoms with Gasteiger partial charge in [0.05, 0.1) is 12.7 Å². The first-order valence-corrected chi connectivity index (χ1v) is 9.36.